The summed E-state index contributed by atoms with van der Waals surface area (Å²) in [7, 11) is 1.79. The Labute approximate surface area is 144 Å². The van der Waals surface area contributed by atoms with Gasteiger partial charge in [-0.3, -0.25) is 14.2 Å². The highest BCUT2D eigenvalue weighted by molar-refractivity contribution is 5.93. The number of nitrogens with zero attached hydrogens (tertiary/aromatic N) is 5. The second-order valence-corrected chi connectivity index (χ2v) is 6.43. The summed E-state index contributed by atoms with van der Waals surface area (Å²) in [4.78, 5) is 12.1. The summed E-state index contributed by atoms with van der Waals surface area (Å²) in [5.41, 5.74) is 3.59. The highest BCUT2D eigenvalue weighted by Gasteiger charge is 2.31. The van der Waals surface area contributed by atoms with Crippen molar-refractivity contribution < 1.29 is 9.32 Å². The molecule has 1 aliphatic carbocycles. The maximum Gasteiger partial charge on any atom is 0.254 e. The van der Waals surface area contributed by atoms with Gasteiger partial charge in [0, 0.05) is 31.8 Å². The number of carbonyl (C=O) groups is 1. The molecule has 8 nitrogen and oxygen atoms in total. The standard InChI is InChI=1S/C17H20N6O2/c1-11-7-15(25-21-11)14-9-20-23(16(14)12-3-4-12)6-5-18-17(24)13-8-19-22(2)10-13/h7-10,12H,3-6H2,1-2H3,(H,18,24). The van der Waals surface area contributed by atoms with Crippen molar-refractivity contribution in [3.8, 4) is 11.3 Å². The number of carbonyl (C=O) groups excluding carboxylic acids is 1. The van der Waals surface area contributed by atoms with Crippen LogP contribution >= 0.6 is 0 Å². The summed E-state index contributed by atoms with van der Waals surface area (Å²) in [6.07, 6.45) is 7.41. The number of rotatable bonds is 6. The lowest BCUT2D eigenvalue weighted by molar-refractivity contribution is 0.0951. The molecule has 1 saturated carbocycles. The molecule has 1 aliphatic rings. The summed E-state index contributed by atoms with van der Waals surface area (Å²) in [5, 5.41) is 15.4. The van der Waals surface area contributed by atoms with Crippen molar-refractivity contribution >= 4 is 5.91 Å². The van der Waals surface area contributed by atoms with Crippen molar-refractivity contribution in [1.29, 1.82) is 0 Å². The Morgan fingerprint density at radius 3 is 2.84 bits per heavy atom. The fourth-order valence-electron chi connectivity index (χ4n) is 2.96. The van der Waals surface area contributed by atoms with Crippen molar-refractivity contribution in [2.45, 2.75) is 32.2 Å². The summed E-state index contributed by atoms with van der Waals surface area (Å²) < 4.78 is 8.98. The zero-order valence-electron chi connectivity index (χ0n) is 14.3. The van der Waals surface area contributed by atoms with E-state index >= 15 is 0 Å². The Morgan fingerprint density at radius 1 is 1.36 bits per heavy atom. The highest BCUT2D eigenvalue weighted by atomic mass is 16.5. The zero-order chi connectivity index (χ0) is 17.4. The Bertz CT molecular complexity index is 902. The van der Waals surface area contributed by atoms with E-state index in [4.69, 9.17) is 4.52 Å². The molecule has 3 heterocycles. The fraction of sp³-hybridized carbons (Fsp3) is 0.412. The molecule has 0 bridgehead atoms. The SMILES string of the molecule is Cc1cc(-c2cnn(CCNC(=O)c3cnn(C)c3)c2C2CC2)on1. The van der Waals surface area contributed by atoms with Crippen LogP contribution in [0.15, 0.2) is 29.2 Å². The van der Waals surface area contributed by atoms with E-state index in [0.717, 1.165) is 29.9 Å². The van der Waals surface area contributed by atoms with Crippen LogP contribution in [-0.4, -0.2) is 37.2 Å². The van der Waals surface area contributed by atoms with Gasteiger partial charge in [0.1, 0.15) is 0 Å². The molecule has 0 aliphatic heterocycles. The van der Waals surface area contributed by atoms with Crippen LogP contribution in [0, 0.1) is 6.92 Å². The van der Waals surface area contributed by atoms with Crippen molar-refractivity contribution in [2.24, 2.45) is 7.05 Å². The molecule has 0 saturated heterocycles. The number of aromatic nitrogens is 5. The largest absolute Gasteiger partial charge is 0.356 e. The van der Waals surface area contributed by atoms with Crippen molar-refractivity contribution in [3.63, 3.8) is 0 Å². The molecule has 0 atom stereocenters. The van der Waals surface area contributed by atoms with Crippen molar-refractivity contribution in [2.75, 3.05) is 6.54 Å². The molecular formula is C17H20N6O2. The molecule has 3 aromatic rings. The molecule has 3 aromatic heterocycles. The van der Waals surface area contributed by atoms with Gasteiger partial charge in [0.15, 0.2) is 5.76 Å². The van der Waals surface area contributed by atoms with Gasteiger partial charge in [0.2, 0.25) is 0 Å². The lowest BCUT2D eigenvalue weighted by Gasteiger charge is -2.09. The first kappa shape index (κ1) is 15.6. The molecule has 0 unspecified atom stereocenters. The minimum atomic E-state index is -0.126. The predicted molar refractivity (Wildman–Crippen MR) is 90.0 cm³/mol. The molecule has 25 heavy (non-hydrogen) atoms. The van der Waals surface area contributed by atoms with Gasteiger partial charge in [0.05, 0.1) is 41.5 Å². The average molecular weight is 340 g/mol. The topological polar surface area (TPSA) is 90.8 Å². The second kappa shape index (κ2) is 6.19. The number of aryl methyl sites for hydroxylation is 2. The number of nitrogens with one attached hydrogen (secondary N) is 1. The van der Waals surface area contributed by atoms with Crippen LogP contribution in [0.4, 0.5) is 0 Å². The maximum atomic E-state index is 12.1. The van der Waals surface area contributed by atoms with Gasteiger partial charge in [-0.25, -0.2) is 0 Å². The molecule has 4 rings (SSSR count). The third-order valence-corrected chi connectivity index (χ3v) is 4.31. The predicted octanol–water partition coefficient (Wildman–Crippen LogP) is 1.89. The lowest BCUT2D eigenvalue weighted by Crippen LogP contribution is -2.27. The van der Waals surface area contributed by atoms with Gasteiger partial charge >= 0.3 is 0 Å². The molecule has 1 fully saturated rings. The van der Waals surface area contributed by atoms with E-state index in [1.165, 1.54) is 5.69 Å². The molecule has 8 heteroatoms. The Balaban J connectivity index is 1.46. The van der Waals surface area contributed by atoms with Crippen LogP contribution < -0.4 is 5.32 Å². The van der Waals surface area contributed by atoms with E-state index in [1.54, 1.807) is 24.1 Å². The van der Waals surface area contributed by atoms with Gasteiger partial charge in [-0.2, -0.15) is 10.2 Å². The minimum absolute atomic E-state index is 0.126. The molecule has 1 N–H and O–H groups in total. The van der Waals surface area contributed by atoms with Crippen LogP contribution in [0.25, 0.3) is 11.3 Å². The van der Waals surface area contributed by atoms with Gasteiger partial charge in [-0.05, 0) is 19.8 Å². The van der Waals surface area contributed by atoms with Crippen molar-refractivity contribution in [1.82, 2.24) is 30.0 Å². The summed E-state index contributed by atoms with van der Waals surface area (Å²) in [6.45, 7) is 3.02. The molecule has 1 amide bonds. The Kier molecular flexibility index (Phi) is 3.87. The van der Waals surface area contributed by atoms with Crippen LogP contribution in [-0.2, 0) is 13.6 Å². The van der Waals surface area contributed by atoms with Gasteiger partial charge in [-0.15, -0.1) is 0 Å². The minimum Gasteiger partial charge on any atom is -0.356 e. The summed E-state index contributed by atoms with van der Waals surface area (Å²) in [6, 6.07) is 1.93. The van der Waals surface area contributed by atoms with E-state index in [9.17, 15) is 4.79 Å². The second-order valence-electron chi connectivity index (χ2n) is 6.43. The first-order valence-electron chi connectivity index (χ1n) is 8.38. The van der Waals surface area contributed by atoms with Crippen LogP contribution in [0.3, 0.4) is 0 Å². The highest BCUT2D eigenvalue weighted by Crippen LogP contribution is 2.44. The molecule has 0 spiro atoms. The molecule has 130 valence electrons. The van der Waals surface area contributed by atoms with Crippen LogP contribution in [0.1, 0.15) is 40.5 Å². The molecule has 0 radical (unpaired) electrons. The summed E-state index contributed by atoms with van der Waals surface area (Å²) in [5.74, 6) is 1.14. The lowest BCUT2D eigenvalue weighted by atomic mass is 10.1. The Morgan fingerprint density at radius 2 is 2.20 bits per heavy atom. The maximum absolute atomic E-state index is 12.1. The van der Waals surface area contributed by atoms with E-state index in [2.05, 4.69) is 20.7 Å². The average Bonchev–Trinajstić information content (AvgIpc) is 2.98. The third kappa shape index (κ3) is 3.19. The first-order valence-corrected chi connectivity index (χ1v) is 8.38. The van der Waals surface area contributed by atoms with Crippen LogP contribution in [0.2, 0.25) is 0 Å². The normalized spacial score (nSPS) is 14.0. The first-order chi connectivity index (χ1) is 12.1. The van der Waals surface area contributed by atoms with Gasteiger partial charge in [0.25, 0.3) is 5.91 Å². The van der Waals surface area contributed by atoms with Crippen molar-refractivity contribution in [3.05, 3.63) is 41.6 Å². The molecular weight excluding hydrogens is 320 g/mol. The van der Waals surface area contributed by atoms with Gasteiger partial charge in [-0.1, -0.05) is 5.16 Å². The fourth-order valence-corrected chi connectivity index (χ4v) is 2.96. The zero-order valence-corrected chi connectivity index (χ0v) is 14.3. The van der Waals surface area contributed by atoms with Crippen LogP contribution in [0.5, 0.6) is 0 Å². The van der Waals surface area contributed by atoms with E-state index in [-0.39, 0.29) is 5.91 Å². The quantitative estimate of drug-likeness (QED) is 0.740. The monoisotopic (exact) mass is 340 g/mol. The number of amides is 1. The van der Waals surface area contributed by atoms with E-state index in [1.807, 2.05) is 23.9 Å². The smallest absolute Gasteiger partial charge is 0.254 e. The van der Waals surface area contributed by atoms with E-state index in [0.29, 0.717) is 24.6 Å². The number of hydrogen-bond donors (Lipinski definition) is 1. The Hall–Kier alpha value is -2.90. The third-order valence-electron chi connectivity index (χ3n) is 4.31. The molecule has 0 aromatic carbocycles. The number of hydrogen-bond acceptors (Lipinski definition) is 5. The summed E-state index contributed by atoms with van der Waals surface area (Å²) >= 11 is 0. The van der Waals surface area contributed by atoms with E-state index < -0.39 is 0 Å². The van der Waals surface area contributed by atoms with Gasteiger partial charge < -0.3 is 9.84 Å².